The highest BCUT2D eigenvalue weighted by Gasteiger charge is 2.32. The maximum atomic E-state index is 12.4. The topological polar surface area (TPSA) is 60.4 Å². The fraction of sp³-hybridized carbons (Fsp3) is 0.611. The first kappa shape index (κ1) is 18.3. The molecule has 0 saturated heterocycles. The zero-order chi connectivity index (χ0) is 16.9. The highest BCUT2D eigenvalue weighted by Crippen LogP contribution is 2.28. The molecule has 0 aromatic carbocycles. The lowest BCUT2D eigenvalue weighted by Crippen LogP contribution is -2.28. The van der Waals surface area contributed by atoms with Crippen LogP contribution >= 0.6 is 0 Å². The van der Waals surface area contributed by atoms with Crippen LogP contribution in [0.2, 0.25) is 0 Å². The number of ether oxygens (including phenoxy) is 1. The van der Waals surface area contributed by atoms with Gasteiger partial charge in [0.2, 0.25) is 0 Å². The third kappa shape index (κ3) is 4.93. The van der Waals surface area contributed by atoms with Crippen LogP contribution in [0.1, 0.15) is 59.8 Å². The van der Waals surface area contributed by atoms with Gasteiger partial charge < -0.3 is 4.74 Å². The summed E-state index contributed by atoms with van der Waals surface area (Å²) in [5.74, 6) is -0.694. The molecule has 0 aromatic heterocycles. The predicted octanol–water partition coefficient (Wildman–Crippen LogP) is 3.75. The normalized spacial score (nSPS) is 17.2. The summed E-state index contributed by atoms with van der Waals surface area (Å²) in [5.41, 5.74) is -0.334. The number of Topliss-reactive ketones (excluding diaryl/α,β-unsaturated/α-hetero) is 2. The lowest BCUT2D eigenvalue weighted by Gasteiger charge is -2.22. The molecular formula is C18H26O4. The first-order valence-corrected chi connectivity index (χ1v) is 7.79. The van der Waals surface area contributed by atoms with E-state index in [0.29, 0.717) is 31.3 Å². The monoisotopic (exact) mass is 306 g/mol. The van der Waals surface area contributed by atoms with Gasteiger partial charge >= 0.3 is 5.97 Å². The predicted molar refractivity (Wildman–Crippen MR) is 85.0 cm³/mol. The molecule has 0 bridgehead atoms. The molecule has 1 aliphatic rings. The molecule has 4 heteroatoms. The summed E-state index contributed by atoms with van der Waals surface area (Å²) in [6, 6.07) is 0. The van der Waals surface area contributed by atoms with Crippen molar-refractivity contribution < 1.29 is 19.1 Å². The Hall–Kier alpha value is -1.71. The number of esters is 1. The Balaban J connectivity index is 3.00. The van der Waals surface area contributed by atoms with Crippen molar-refractivity contribution in [3.8, 4) is 0 Å². The second-order valence-corrected chi connectivity index (χ2v) is 6.98. The minimum absolute atomic E-state index is 0.0259. The van der Waals surface area contributed by atoms with Crippen LogP contribution in [0.3, 0.4) is 0 Å². The number of carbonyl (C=O) groups is 3. The quantitative estimate of drug-likeness (QED) is 0.554. The lowest BCUT2D eigenvalue weighted by atomic mass is 9.89. The van der Waals surface area contributed by atoms with Gasteiger partial charge in [-0.2, -0.15) is 0 Å². The molecule has 0 aromatic rings. The van der Waals surface area contributed by atoms with Crippen LogP contribution < -0.4 is 0 Å². The molecule has 0 fully saturated rings. The van der Waals surface area contributed by atoms with Crippen molar-refractivity contribution in [2.75, 3.05) is 0 Å². The zero-order valence-corrected chi connectivity index (χ0v) is 14.0. The molecule has 0 unspecified atom stereocenters. The van der Waals surface area contributed by atoms with Crippen LogP contribution in [0.15, 0.2) is 24.0 Å². The second kappa shape index (κ2) is 7.52. The molecule has 1 aliphatic carbocycles. The van der Waals surface area contributed by atoms with E-state index in [4.69, 9.17) is 4.74 Å². The number of hydrogen-bond acceptors (Lipinski definition) is 4. The maximum Gasteiger partial charge on any atom is 0.316 e. The summed E-state index contributed by atoms with van der Waals surface area (Å²) in [4.78, 5) is 36.6. The van der Waals surface area contributed by atoms with Crippen LogP contribution in [0.4, 0.5) is 0 Å². The van der Waals surface area contributed by atoms with E-state index < -0.39 is 11.4 Å². The van der Waals surface area contributed by atoms with E-state index in [1.807, 2.05) is 6.92 Å². The van der Waals surface area contributed by atoms with Crippen LogP contribution in [0.5, 0.6) is 0 Å². The van der Waals surface area contributed by atoms with Crippen molar-refractivity contribution in [2.24, 2.45) is 11.3 Å². The number of hydrogen-bond donors (Lipinski definition) is 0. The smallest absolute Gasteiger partial charge is 0.316 e. The third-order valence-corrected chi connectivity index (χ3v) is 3.60. The maximum absolute atomic E-state index is 12.4. The van der Waals surface area contributed by atoms with E-state index in [9.17, 15) is 14.4 Å². The first-order chi connectivity index (χ1) is 10.2. The molecule has 0 radical (unpaired) electrons. The number of allylic oxidation sites excluding steroid dienone is 3. The number of ketones is 2. The highest BCUT2D eigenvalue weighted by atomic mass is 16.5. The molecule has 0 aliphatic heterocycles. The summed E-state index contributed by atoms with van der Waals surface area (Å²) in [6.07, 6.45) is 4.31. The largest absolute Gasteiger partial charge is 0.422 e. The van der Waals surface area contributed by atoms with E-state index in [0.717, 1.165) is 6.42 Å². The molecule has 1 atom stereocenters. The average Bonchev–Trinajstić information content (AvgIpc) is 2.39. The van der Waals surface area contributed by atoms with E-state index in [1.54, 1.807) is 26.8 Å². The van der Waals surface area contributed by atoms with Crippen LogP contribution in [-0.4, -0.2) is 17.5 Å². The van der Waals surface area contributed by atoms with Gasteiger partial charge in [-0.3, -0.25) is 14.4 Å². The fourth-order valence-electron chi connectivity index (χ4n) is 2.26. The van der Waals surface area contributed by atoms with Crippen molar-refractivity contribution in [3.05, 3.63) is 24.0 Å². The van der Waals surface area contributed by atoms with Gasteiger partial charge in [0, 0.05) is 18.4 Å². The molecule has 22 heavy (non-hydrogen) atoms. The van der Waals surface area contributed by atoms with Gasteiger partial charge in [0.25, 0.3) is 0 Å². The van der Waals surface area contributed by atoms with Gasteiger partial charge in [-0.05, 0) is 46.0 Å². The van der Waals surface area contributed by atoms with Crippen molar-refractivity contribution in [1.82, 2.24) is 0 Å². The van der Waals surface area contributed by atoms with E-state index in [2.05, 4.69) is 6.58 Å². The van der Waals surface area contributed by atoms with Crippen molar-refractivity contribution in [1.29, 1.82) is 0 Å². The molecule has 0 spiro atoms. The van der Waals surface area contributed by atoms with Gasteiger partial charge in [-0.15, -0.1) is 6.58 Å². The summed E-state index contributed by atoms with van der Waals surface area (Å²) in [5, 5.41) is 0. The molecule has 0 N–H and O–H groups in total. The van der Waals surface area contributed by atoms with Gasteiger partial charge in [0.15, 0.2) is 17.3 Å². The van der Waals surface area contributed by atoms with E-state index >= 15 is 0 Å². The molecule has 0 saturated carbocycles. The third-order valence-electron chi connectivity index (χ3n) is 3.60. The highest BCUT2D eigenvalue weighted by molar-refractivity contribution is 6.07. The van der Waals surface area contributed by atoms with Crippen molar-refractivity contribution >= 4 is 17.5 Å². The SMILES string of the molecule is C=CC[C@H](C)CC(=O)C1=C(OC(=O)C(C)(C)C)C(=O)CCC1. The Kier molecular flexibility index (Phi) is 6.27. The molecular weight excluding hydrogens is 280 g/mol. The number of rotatable bonds is 6. The first-order valence-electron chi connectivity index (χ1n) is 7.79. The Morgan fingerprint density at radius 3 is 2.50 bits per heavy atom. The Morgan fingerprint density at radius 1 is 1.32 bits per heavy atom. The Labute approximate surface area is 132 Å². The van der Waals surface area contributed by atoms with E-state index in [1.165, 1.54) is 0 Å². The Morgan fingerprint density at radius 2 is 1.95 bits per heavy atom. The summed E-state index contributed by atoms with van der Waals surface area (Å²) < 4.78 is 5.29. The minimum atomic E-state index is -0.713. The molecule has 122 valence electrons. The second-order valence-electron chi connectivity index (χ2n) is 6.98. The summed E-state index contributed by atoms with van der Waals surface area (Å²) in [7, 11) is 0. The standard InChI is InChI=1S/C18H26O4/c1-6-8-12(2)11-15(20)13-9-7-10-14(19)16(13)22-17(21)18(3,4)5/h6,12H,1,7-11H2,2-5H3/t12-/m0/s1. The van der Waals surface area contributed by atoms with Crippen LogP contribution in [0.25, 0.3) is 0 Å². The van der Waals surface area contributed by atoms with Gasteiger partial charge in [0.1, 0.15) is 0 Å². The van der Waals surface area contributed by atoms with Crippen LogP contribution in [-0.2, 0) is 19.1 Å². The van der Waals surface area contributed by atoms with Gasteiger partial charge in [-0.25, -0.2) is 0 Å². The minimum Gasteiger partial charge on any atom is -0.422 e. The van der Waals surface area contributed by atoms with Crippen molar-refractivity contribution in [2.45, 2.75) is 59.8 Å². The molecule has 1 rings (SSSR count). The Bertz CT molecular complexity index is 506. The molecule has 4 nitrogen and oxygen atoms in total. The summed E-state index contributed by atoms with van der Waals surface area (Å²) in [6.45, 7) is 10.8. The summed E-state index contributed by atoms with van der Waals surface area (Å²) >= 11 is 0. The molecule has 0 amide bonds. The number of carbonyl (C=O) groups excluding carboxylic acids is 3. The zero-order valence-electron chi connectivity index (χ0n) is 14.0. The lowest BCUT2D eigenvalue weighted by molar-refractivity contribution is -0.151. The van der Waals surface area contributed by atoms with E-state index in [-0.39, 0.29) is 23.2 Å². The van der Waals surface area contributed by atoms with Crippen LogP contribution in [0, 0.1) is 11.3 Å². The van der Waals surface area contributed by atoms with Gasteiger partial charge in [-0.1, -0.05) is 13.0 Å². The molecule has 0 heterocycles. The average molecular weight is 306 g/mol. The fourth-order valence-corrected chi connectivity index (χ4v) is 2.26. The van der Waals surface area contributed by atoms with Crippen molar-refractivity contribution in [3.63, 3.8) is 0 Å². The van der Waals surface area contributed by atoms with Gasteiger partial charge in [0.05, 0.1) is 5.41 Å².